The van der Waals surface area contributed by atoms with Gasteiger partial charge in [0, 0.05) is 30.3 Å². The van der Waals surface area contributed by atoms with Crippen LogP contribution in [0.15, 0.2) is 63.5 Å². The normalized spacial score (nSPS) is 18.0. The third-order valence-corrected chi connectivity index (χ3v) is 10.1. The van der Waals surface area contributed by atoms with Gasteiger partial charge >= 0.3 is 0 Å². The first-order valence-electron chi connectivity index (χ1n) is 16.0. The number of ether oxygens (including phenoxy) is 6. The molecule has 2 atom stereocenters. The summed E-state index contributed by atoms with van der Waals surface area (Å²) >= 11 is 7.38. The summed E-state index contributed by atoms with van der Waals surface area (Å²) in [5.41, 5.74) is 8.75. The molecule has 11 heteroatoms. The SMILES string of the molecule is COc1cc(OCc2cccc(-c3cccc(COc4nc(OC)c(C5COCCN5)cc4Br)c3C)c2C)c(Br)cc1C1COCCN1. The molecule has 0 amide bonds. The molecule has 0 aliphatic carbocycles. The molecule has 2 saturated heterocycles. The molecule has 4 aromatic rings. The second kappa shape index (κ2) is 16.0. The van der Waals surface area contributed by atoms with Gasteiger partial charge in [-0.3, -0.25) is 0 Å². The summed E-state index contributed by atoms with van der Waals surface area (Å²) in [4.78, 5) is 4.69. The van der Waals surface area contributed by atoms with Crippen LogP contribution in [0, 0.1) is 13.8 Å². The molecule has 2 unspecified atom stereocenters. The lowest BCUT2D eigenvalue weighted by Gasteiger charge is -2.26. The summed E-state index contributed by atoms with van der Waals surface area (Å²) in [5, 5.41) is 6.96. The van der Waals surface area contributed by atoms with Crippen LogP contribution in [-0.2, 0) is 22.7 Å². The van der Waals surface area contributed by atoms with Crippen LogP contribution in [0.4, 0.5) is 0 Å². The third kappa shape index (κ3) is 7.66. The average Bonchev–Trinajstić information content (AvgIpc) is 3.12. The number of rotatable bonds is 11. The highest BCUT2D eigenvalue weighted by Crippen LogP contribution is 2.38. The topological polar surface area (TPSA) is 92.3 Å². The van der Waals surface area contributed by atoms with Crippen LogP contribution in [0.1, 0.15) is 45.5 Å². The Morgan fingerprint density at radius 2 is 1.29 bits per heavy atom. The Balaban J connectivity index is 1.18. The van der Waals surface area contributed by atoms with Gasteiger partial charge in [0.25, 0.3) is 0 Å². The van der Waals surface area contributed by atoms with Crippen LogP contribution in [0.5, 0.6) is 23.3 Å². The van der Waals surface area contributed by atoms with E-state index >= 15 is 0 Å². The van der Waals surface area contributed by atoms with Crippen molar-refractivity contribution in [2.45, 2.75) is 39.1 Å². The number of nitrogens with zero attached hydrogens (tertiary/aromatic N) is 1. The minimum atomic E-state index is 0.0131. The van der Waals surface area contributed by atoms with E-state index in [-0.39, 0.29) is 12.1 Å². The molecule has 2 aliphatic heterocycles. The molecule has 48 heavy (non-hydrogen) atoms. The predicted octanol–water partition coefficient (Wildman–Crippen LogP) is 7.39. The van der Waals surface area contributed by atoms with Crippen molar-refractivity contribution in [2.24, 2.45) is 0 Å². The van der Waals surface area contributed by atoms with Gasteiger partial charge in [0.15, 0.2) is 0 Å². The lowest BCUT2D eigenvalue weighted by Crippen LogP contribution is -2.34. The summed E-state index contributed by atoms with van der Waals surface area (Å²) in [7, 11) is 3.31. The molecular weight excluding hydrogens is 742 g/mol. The Bertz CT molecular complexity index is 1610. The summed E-state index contributed by atoms with van der Waals surface area (Å²) in [5.74, 6) is 2.49. The van der Waals surface area contributed by atoms with Gasteiger partial charge in [-0.1, -0.05) is 36.4 Å². The van der Waals surface area contributed by atoms with Crippen molar-refractivity contribution in [3.63, 3.8) is 0 Å². The second-order valence-corrected chi connectivity index (χ2v) is 13.5. The first kappa shape index (κ1) is 34.7. The molecule has 9 nitrogen and oxygen atoms in total. The van der Waals surface area contributed by atoms with Crippen molar-refractivity contribution < 1.29 is 28.4 Å². The summed E-state index contributed by atoms with van der Waals surface area (Å²) in [6.45, 7) is 9.21. The van der Waals surface area contributed by atoms with Crippen molar-refractivity contribution in [1.82, 2.24) is 15.6 Å². The number of halogens is 2. The third-order valence-electron chi connectivity index (χ3n) is 8.94. The zero-order valence-electron chi connectivity index (χ0n) is 27.7. The van der Waals surface area contributed by atoms with Gasteiger partial charge in [-0.15, -0.1) is 0 Å². The van der Waals surface area contributed by atoms with Gasteiger partial charge < -0.3 is 39.1 Å². The largest absolute Gasteiger partial charge is 0.496 e. The molecular formula is C37H41Br2N3O6. The molecule has 0 saturated carbocycles. The van der Waals surface area contributed by atoms with Crippen LogP contribution in [0.3, 0.4) is 0 Å². The minimum absolute atomic E-state index is 0.0131. The van der Waals surface area contributed by atoms with Crippen molar-refractivity contribution in [3.05, 3.63) is 96.9 Å². The van der Waals surface area contributed by atoms with E-state index < -0.39 is 0 Å². The minimum Gasteiger partial charge on any atom is -0.496 e. The maximum atomic E-state index is 6.37. The van der Waals surface area contributed by atoms with Gasteiger partial charge in [-0.2, -0.15) is 4.98 Å². The fourth-order valence-corrected chi connectivity index (χ4v) is 7.11. The van der Waals surface area contributed by atoms with Crippen LogP contribution in [-0.4, -0.2) is 58.7 Å². The van der Waals surface area contributed by atoms with Crippen molar-refractivity contribution in [1.29, 1.82) is 0 Å². The first-order chi connectivity index (χ1) is 23.4. The molecule has 2 aliphatic rings. The zero-order chi connectivity index (χ0) is 33.6. The standard InChI is InChI=1S/C37H41Br2N3O6/c1-22-24(18-47-35-17-34(43-3)28(15-30(35)38)32-20-45-13-11-40-32)7-5-9-26(22)27-10-6-8-25(23(27)2)19-48-37-31(39)16-29(36(42-37)44-4)33-21-46-14-12-41-33/h5-10,15-17,32-33,40-41H,11-14,18-21H2,1-4H3. The Kier molecular flexibility index (Phi) is 11.6. The molecule has 6 rings (SSSR count). The van der Waals surface area contributed by atoms with Crippen LogP contribution < -0.4 is 29.6 Å². The molecule has 0 spiro atoms. The van der Waals surface area contributed by atoms with Gasteiger partial charge in [-0.25, -0.2) is 0 Å². The fraction of sp³-hybridized carbons (Fsp3) is 0.378. The maximum absolute atomic E-state index is 6.37. The summed E-state index contributed by atoms with van der Waals surface area (Å²) < 4.78 is 37.0. The van der Waals surface area contributed by atoms with Crippen LogP contribution in [0.25, 0.3) is 11.1 Å². The summed E-state index contributed by atoms with van der Waals surface area (Å²) in [6, 6.07) is 18.8. The molecule has 3 aromatic carbocycles. The van der Waals surface area contributed by atoms with Gasteiger partial charge in [0.05, 0.1) is 61.7 Å². The second-order valence-electron chi connectivity index (χ2n) is 11.8. The quantitative estimate of drug-likeness (QED) is 0.162. The van der Waals surface area contributed by atoms with Crippen molar-refractivity contribution in [2.75, 3.05) is 53.7 Å². The molecule has 2 fully saturated rings. The zero-order valence-corrected chi connectivity index (χ0v) is 30.8. The number of benzene rings is 3. The highest BCUT2D eigenvalue weighted by atomic mass is 79.9. The molecule has 3 heterocycles. The van der Waals surface area contributed by atoms with E-state index in [0.717, 1.165) is 78.0 Å². The van der Waals surface area contributed by atoms with E-state index in [1.165, 1.54) is 0 Å². The van der Waals surface area contributed by atoms with E-state index in [1.807, 2.05) is 12.1 Å². The van der Waals surface area contributed by atoms with Gasteiger partial charge in [0.2, 0.25) is 11.8 Å². The first-order valence-corrected chi connectivity index (χ1v) is 17.6. The van der Waals surface area contributed by atoms with Crippen LogP contribution in [0.2, 0.25) is 0 Å². The fourth-order valence-electron chi connectivity index (χ4n) is 6.19. The number of hydrogen-bond acceptors (Lipinski definition) is 9. The number of hydrogen-bond donors (Lipinski definition) is 2. The average molecular weight is 784 g/mol. The Morgan fingerprint density at radius 3 is 1.85 bits per heavy atom. The number of pyridine rings is 1. The van der Waals surface area contributed by atoms with Crippen LogP contribution >= 0.6 is 31.9 Å². The van der Waals surface area contributed by atoms with E-state index in [2.05, 4.69) is 104 Å². The highest BCUT2D eigenvalue weighted by molar-refractivity contribution is 9.10. The Hall–Kier alpha value is -3.19. The lowest BCUT2D eigenvalue weighted by molar-refractivity contribution is 0.0757. The lowest BCUT2D eigenvalue weighted by atomic mass is 9.92. The van der Waals surface area contributed by atoms with Gasteiger partial charge in [0.1, 0.15) is 24.7 Å². The number of morpholine rings is 2. The predicted molar refractivity (Wildman–Crippen MR) is 192 cm³/mol. The molecule has 0 bridgehead atoms. The van der Waals surface area contributed by atoms with Gasteiger partial charge in [-0.05, 0) is 91.2 Å². The maximum Gasteiger partial charge on any atom is 0.231 e. The van der Waals surface area contributed by atoms with Crippen molar-refractivity contribution >= 4 is 31.9 Å². The molecule has 254 valence electrons. The Morgan fingerprint density at radius 1 is 0.708 bits per heavy atom. The monoisotopic (exact) mass is 781 g/mol. The van der Waals surface area contributed by atoms with E-state index in [0.29, 0.717) is 51.4 Å². The highest BCUT2D eigenvalue weighted by Gasteiger charge is 2.24. The number of nitrogens with one attached hydrogen (secondary N) is 2. The van der Waals surface area contributed by atoms with E-state index in [1.54, 1.807) is 14.2 Å². The Labute approximate surface area is 298 Å². The number of aromatic nitrogens is 1. The summed E-state index contributed by atoms with van der Waals surface area (Å²) in [6.07, 6.45) is 0. The van der Waals surface area contributed by atoms with E-state index in [4.69, 9.17) is 28.4 Å². The number of methoxy groups -OCH3 is 2. The smallest absolute Gasteiger partial charge is 0.231 e. The van der Waals surface area contributed by atoms with Crippen molar-refractivity contribution in [3.8, 4) is 34.4 Å². The van der Waals surface area contributed by atoms with E-state index in [9.17, 15) is 0 Å². The molecule has 1 aromatic heterocycles. The molecule has 0 radical (unpaired) electrons. The molecule has 2 N–H and O–H groups in total.